The van der Waals surface area contributed by atoms with Crippen molar-refractivity contribution in [1.29, 1.82) is 0 Å². The minimum atomic E-state index is -0.439. The Kier molecular flexibility index (Phi) is 3.72. The summed E-state index contributed by atoms with van der Waals surface area (Å²) in [6.45, 7) is 5.74. The number of hydrogen-bond donors (Lipinski definition) is 1. The molecule has 0 aromatic heterocycles. The monoisotopic (exact) mass is 255 g/mol. The maximum Gasteiger partial charge on any atom is 0.155 e. The van der Waals surface area contributed by atoms with Crippen LogP contribution in [0.4, 0.5) is 0 Å². The van der Waals surface area contributed by atoms with E-state index in [2.05, 4.69) is 24.3 Å². The van der Waals surface area contributed by atoms with Crippen LogP contribution in [0.25, 0.3) is 10.8 Å². The normalized spacial score (nSPS) is 13.5. The van der Waals surface area contributed by atoms with Crippen LogP contribution in [0.2, 0.25) is 0 Å². The van der Waals surface area contributed by atoms with E-state index in [0.717, 1.165) is 5.56 Å². The molecule has 2 aromatic rings. The highest BCUT2D eigenvalue weighted by Crippen LogP contribution is 2.22. The van der Waals surface area contributed by atoms with Gasteiger partial charge in [0.1, 0.15) is 0 Å². The Morgan fingerprint density at radius 3 is 2.42 bits per heavy atom. The van der Waals surface area contributed by atoms with E-state index >= 15 is 0 Å². The van der Waals surface area contributed by atoms with Gasteiger partial charge in [0.15, 0.2) is 5.78 Å². The van der Waals surface area contributed by atoms with Crippen molar-refractivity contribution in [2.75, 3.05) is 0 Å². The molecule has 0 bridgehead atoms. The van der Waals surface area contributed by atoms with Crippen LogP contribution in [0.1, 0.15) is 26.3 Å². The lowest BCUT2D eigenvalue weighted by molar-refractivity contribution is -0.127. The van der Waals surface area contributed by atoms with Crippen molar-refractivity contribution >= 4 is 16.6 Å². The van der Waals surface area contributed by atoms with Gasteiger partial charge in [-0.05, 0) is 22.8 Å². The van der Waals surface area contributed by atoms with Crippen molar-refractivity contribution in [2.24, 2.45) is 11.1 Å². The summed E-state index contributed by atoms with van der Waals surface area (Å²) >= 11 is 0. The minimum absolute atomic E-state index is 0.112. The molecule has 0 aliphatic carbocycles. The van der Waals surface area contributed by atoms with Crippen molar-refractivity contribution in [2.45, 2.75) is 33.2 Å². The van der Waals surface area contributed by atoms with Crippen molar-refractivity contribution in [3.63, 3.8) is 0 Å². The zero-order valence-electron chi connectivity index (χ0n) is 11.8. The van der Waals surface area contributed by atoms with E-state index in [9.17, 15) is 4.79 Å². The van der Waals surface area contributed by atoms with Crippen molar-refractivity contribution in [3.05, 3.63) is 48.0 Å². The van der Waals surface area contributed by atoms with Gasteiger partial charge in [0.05, 0.1) is 6.04 Å². The SMILES string of the molecule is CC(C)(C)C(=O)[C@@H](N)Cc1cccc2ccccc12. The molecule has 0 aliphatic heterocycles. The smallest absolute Gasteiger partial charge is 0.155 e. The molecule has 0 spiro atoms. The zero-order chi connectivity index (χ0) is 14.0. The summed E-state index contributed by atoms with van der Waals surface area (Å²) < 4.78 is 0. The molecule has 0 saturated heterocycles. The second-order valence-electron chi connectivity index (χ2n) is 6.06. The number of rotatable bonds is 3. The van der Waals surface area contributed by atoms with Gasteiger partial charge in [0.25, 0.3) is 0 Å². The van der Waals surface area contributed by atoms with E-state index < -0.39 is 6.04 Å². The lowest BCUT2D eigenvalue weighted by Gasteiger charge is -2.22. The second kappa shape index (κ2) is 5.14. The fourth-order valence-electron chi connectivity index (χ4n) is 2.36. The summed E-state index contributed by atoms with van der Waals surface area (Å²) in [5.74, 6) is 0.112. The Morgan fingerprint density at radius 2 is 1.74 bits per heavy atom. The van der Waals surface area contributed by atoms with Gasteiger partial charge in [-0.1, -0.05) is 63.2 Å². The molecule has 0 unspecified atom stereocenters. The predicted molar refractivity (Wildman–Crippen MR) is 80.1 cm³/mol. The van der Waals surface area contributed by atoms with Crippen LogP contribution in [0, 0.1) is 5.41 Å². The minimum Gasteiger partial charge on any atom is -0.321 e. The number of fused-ring (bicyclic) bond motifs is 1. The zero-order valence-corrected chi connectivity index (χ0v) is 11.8. The maximum absolute atomic E-state index is 12.2. The summed E-state index contributed by atoms with van der Waals surface area (Å²) in [6.07, 6.45) is 0.595. The second-order valence-corrected chi connectivity index (χ2v) is 6.06. The fourth-order valence-corrected chi connectivity index (χ4v) is 2.36. The van der Waals surface area contributed by atoms with Crippen LogP contribution >= 0.6 is 0 Å². The highest BCUT2D eigenvalue weighted by Gasteiger charge is 2.27. The Balaban J connectivity index is 2.29. The van der Waals surface area contributed by atoms with Gasteiger partial charge < -0.3 is 5.73 Å². The predicted octanol–water partition coefficient (Wildman–Crippen LogP) is 3.32. The molecule has 0 aliphatic rings. The molecule has 2 N–H and O–H groups in total. The Morgan fingerprint density at radius 1 is 1.11 bits per heavy atom. The summed E-state index contributed by atoms with van der Waals surface area (Å²) in [4.78, 5) is 12.2. The highest BCUT2D eigenvalue weighted by atomic mass is 16.1. The molecule has 0 amide bonds. The third kappa shape index (κ3) is 3.02. The first kappa shape index (κ1) is 13.8. The molecule has 0 fully saturated rings. The molecule has 2 heteroatoms. The number of ketones is 1. The van der Waals surface area contributed by atoms with E-state index in [4.69, 9.17) is 5.73 Å². The van der Waals surface area contributed by atoms with Crippen LogP contribution in [-0.2, 0) is 11.2 Å². The topological polar surface area (TPSA) is 43.1 Å². The number of nitrogens with two attached hydrogens (primary N) is 1. The van der Waals surface area contributed by atoms with Gasteiger partial charge in [-0.15, -0.1) is 0 Å². The van der Waals surface area contributed by atoms with Gasteiger partial charge in [0, 0.05) is 5.41 Å². The molecular weight excluding hydrogens is 234 g/mol. The first-order chi connectivity index (χ1) is 8.89. The van der Waals surface area contributed by atoms with Gasteiger partial charge in [-0.3, -0.25) is 4.79 Å². The van der Waals surface area contributed by atoms with Gasteiger partial charge >= 0.3 is 0 Å². The van der Waals surface area contributed by atoms with Gasteiger partial charge in [-0.2, -0.15) is 0 Å². The first-order valence-electron chi connectivity index (χ1n) is 6.66. The number of benzene rings is 2. The molecule has 0 heterocycles. The standard InChI is InChI=1S/C17H21NO/c1-17(2,3)16(19)15(18)11-13-9-6-8-12-7-4-5-10-14(12)13/h4-10,15H,11,18H2,1-3H3/t15-/m0/s1. The quantitative estimate of drug-likeness (QED) is 0.914. The van der Waals surface area contributed by atoms with E-state index in [1.54, 1.807) is 0 Å². The molecule has 0 saturated carbocycles. The largest absolute Gasteiger partial charge is 0.321 e. The average Bonchev–Trinajstić information content (AvgIpc) is 2.37. The summed E-state index contributed by atoms with van der Waals surface area (Å²) in [5.41, 5.74) is 6.83. The summed E-state index contributed by atoms with van der Waals surface area (Å²) in [6, 6.07) is 13.9. The van der Waals surface area contributed by atoms with Gasteiger partial charge in [0.2, 0.25) is 0 Å². The number of carbonyl (C=O) groups is 1. The molecule has 1 atom stereocenters. The van der Waals surface area contributed by atoms with E-state index in [1.807, 2.05) is 39.0 Å². The Bertz CT molecular complexity index is 590. The first-order valence-corrected chi connectivity index (χ1v) is 6.66. The Labute approximate surface area is 114 Å². The van der Waals surface area contributed by atoms with Crippen LogP contribution in [0.3, 0.4) is 0 Å². The molecule has 2 nitrogen and oxygen atoms in total. The van der Waals surface area contributed by atoms with Crippen molar-refractivity contribution in [1.82, 2.24) is 0 Å². The molecule has 2 aromatic carbocycles. The third-order valence-electron chi connectivity index (χ3n) is 3.40. The molecule has 100 valence electrons. The third-order valence-corrected chi connectivity index (χ3v) is 3.40. The fraction of sp³-hybridized carbons (Fsp3) is 0.353. The lowest BCUT2D eigenvalue weighted by atomic mass is 9.84. The maximum atomic E-state index is 12.2. The van der Waals surface area contributed by atoms with E-state index in [1.165, 1.54) is 10.8 Å². The van der Waals surface area contributed by atoms with Crippen LogP contribution in [-0.4, -0.2) is 11.8 Å². The van der Waals surface area contributed by atoms with Crippen LogP contribution in [0.5, 0.6) is 0 Å². The summed E-state index contributed by atoms with van der Waals surface area (Å²) in [7, 11) is 0. The highest BCUT2D eigenvalue weighted by molar-refractivity contribution is 5.90. The molecule has 2 rings (SSSR count). The van der Waals surface area contributed by atoms with Crippen LogP contribution < -0.4 is 5.73 Å². The molecular formula is C17H21NO. The summed E-state index contributed by atoms with van der Waals surface area (Å²) in [5, 5.41) is 2.37. The van der Waals surface area contributed by atoms with E-state index in [-0.39, 0.29) is 11.2 Å². The number of Topliss-reactive ketones (excluding diaryl/α,β-unsaturated/α-hetero) is 1. The van der Waals surface area contributed by atoms with E-state index in [0.29, 0.717) is 6.42 Å². The molecule has 0 radical (unpaired) electrons. The Hall–Kier alpha value is -1.67. The van der Waals surface area contributed by atoms with Gasteiger partial charge in [-0.25, -0.2) is 0 Å². The molecule has 19 heavy (non-hydrogen) atoms. The van der Waals surface area contributed by atoms with Crippen LogP contribution in [0.15, 0.2) is 42.5 Å². The van der Waals surface area contributed by atoms with Crippen molar-refractivity contribution < 1.29 is 4.79 Å². The van der Waals surface area contributed by atoms with Crippen molar-refractivity contribution in [3.8, 4) is 0 Å². The number of hydrogen-bond acceptors (Lipinski definition) is 2. The number of carbonyl (C=O) groups excluding carboxylic acids is 1. The lowest BCUT2D eigenvalue weighted by Crippen LogP contribution is -2.40. The average molecular weight is 255 g/mol.